The molecule has 0 saturated carbocycles. The van der Waals surface area contributed by atoms with E-state index in [1.165, 1.54) is 70.3 Å². The minimum absolute atomic E-state index is 1.18. The summed E-state index contributed by atoms with van der Waals surface area (Å²) in [6.07, 6.45) is 0. The standard InChI is InChI=1S/C34H21NS/c1-2-9-22(10-3-1)24-13-6-14-25(19-24)35-30-17-8-12-23-11-7-16-27(34(23)30)28-20-29-26-15-4-5-18-32(26)36-33(29)21-31(28)35/h1-21H. The lowest BCUT2D eigenvalue weighted by Crippen LogP contribution is -2.15. The number of hydrogen-bond acceptors (Lipinski definition) is 2. The second kappa shape index (κ2) is 7.55. The first-order valence-electron chi connectivity index (χ1n) is 12.3. The fraction of sp³-hybridized carbons (Fsp3) is 0. The molecule has 7 aromatic rings. The van der Waals surface area contributed by atoms with E-state index in [1.807, 2.05) is 11.3 Å². The lowest BCUT2D eigenvalue weighted by atomic mass is 9.89. The monoisotopic (exact) mass is 475 g/mol. The van der Waals surface area contributed by atoms with Crippen molar-refractivity contribution in [2.24, 2.45) is 0 Å². The molecule has 2 heteroatoms. The number of benzene rings is 6. The van der Waals surface area contributed by atoms with Crippen LogP contribution < -0.4 is 4.90 Å². The maximum Gasteiger partial charge on any atom is 0.0555 e. The Bertz CT molecular complexity index is 1940. The predicted molar refractivity (Wildman–Crippen MR) is 156 cm³/mol. The highest BCUT2D eigenvalue weighted by Gasteiger charge is 2.27. The van der Waals surface area contributed by atoms with Crippen molar-refractivity contribution in [2.75, 3.05) is 4.90 Å². The van der Waals surface area contributed by atoms with Crippen LogP contribution in [0.1, 0.15) is 0 Å². The highest BCUT2D eigenvalue weighted by Crippen LogP contribution is 2.53. The van der Waals surface area contributed by atoms with Crippen LogP contribution in [0, 0.1) is 0 Å². The van der Waals surface area contributed by atoms with Crippen LogP contribution in [0.15, 0.2) is 127 Å². The molecule has 0 bridgehead atoms. The Labute approximate surface area is 213 Å². The van der Waals surface area contributed by atoms with Crippen LogP contribution in [0.2, 0.25) is 0 Å². The second-order valence-corrected chi connectivity index (χ2v) is 10.5. The van der Waals surface area contributed by atoms with Crippen molar-refractivity contribution in [2.45, 2.75) is 0 Å². The number of fused-ring (bicyclic) bond motifs is 5. The number of thiophene rings is 1. The van der Waals surface area contributed by atoms with E-state index in [4.69, 9.17) is 0 Å². The molecule has 8 rings (SSSR count). The molecule has 0 saturated heterocycles. The first kappa shape index (κ1) is 19.9. The second-order valence-electron chi connectivity index (χ2n) is 9.40. The Hall–Kier alpha value is -4.40. The number of anilines is 3. The van der Waals surface area contributed by atoms with E-state index in [2.05, 4.69) is 132 Å². The zero-order chi connectivity index (χ0) is 23.6. The minimum Gasteiger partial charge on any atom is -0.309 e. The first-order valence-corrected chi connectivity index (χ1v) is 13.1. The Kier molecular flexibility index (Phi) is 4.16. The molecule has 0 N–H and O–H groups in total. The van der Waals surface area contributed by atoms with Gasteiger partial charge in [-0.15, -0.1) is 11.3 Å². The Morgan fingerprint density at radius 2 is 1.25 bits per heavy atom. The lowest BCUT2D eigenvalue weighted by Gasteiger charge is -2.34. The number of hydrogen-bond donors (Lipinski definition) is 0. The Morgan fingerprint density at radius 3 is 2.17 bits per heavy atom. The largest absolute Gasteiger partial charge is 0.309 e. The summed E-state index contributed by atoms with van der Waals surface area (Å²) < 4.78 is 2.66. The third-order valence-electron chi connectivity index (χ3n) is 7.36. The van der Waals surface area contributed by atoms with Crippen LogP contribution in [0.4, 0.5) is 17.1 Å². The van der Waals surface area contributed by atoms with Crippen molar-refractivity contribution in [3.05, 3.63) is 127 Å². The van der Waals surface area contributed by atoms with Crippen LogP contribution in [0.3, 0.4) is 0 Å². The third-order valence-corrected chi connectivity index (χ3v) is 8.49. The normalized spacial score (nSPS) is 12.4. The van der Waals surface area contributed by atoms with E-state index in [1.54, 1.807) is 0 Å². The van der Waals surface area contributed by atoms with Gasteiger partial charge in [0.25, 0.3) is 0 Å². The molecule has 1 nitrogen and oxygen atoms in total. The zero-order valence-corrected chi connectivity index (χ0v) is 20.3. The van der Waals surface area contributed by atoms with Crippen LogP contribution in [-0.4, -0.2) is 0 Å². The summed E-state index contributed by atoms with van der Waals surface area (Å²) in [4.78, 5) is 2.46. The van der Waals surface area contributed by atoms with Crippen molar-refractivity contribution < 1.29 is 0 Å². The van der Waals surface area contributed by atoms with Gasteiger partial charge in [0, 0.05) is 36.8 Å². The fourth-order valence-corrected chi connectivity index (χ4v) is 6.88. The SMILES string of the molecule is c1ccc(-c2cccc(N3c4cc5sc6ccccc6c5cc4-c4cccc5cccc3c45)c2)cc1. The Morgan fingerprint density at radius 1 is 0.472 bits per heavy atom. The van der Waals surface area contributed by atoms with Crippen molar-refractivity contribution in [3.8, 4) is 22.3 Å². The molecule has 0 amide bonds. The molecule has 0 radical (unpaired) electrons. The van der Waals surface area contributed by atoms with E-state index >= 15 is 0 Å². The van der Waals surface area contributed by atoms with Gasteiger partial charge < -0.3 is 4.90 Å². The quantitative estimate of drug-likeness (QED) is 0.240. The lowest BCUT2D eigenvalue weighted by molar-refractivity contribution is 1.29. The van der Waals surface area contributed by atoms with Gasteiger partial charge in [0.2, 0.25) is 0 Å². The van der Waals surface area contributed by atoms with Gasteiger partial charge >= 0.3 is 0 Å². The summed E-state index contributed by atoms with van der Waals surface area (Å²) in [6.45, 7) is 0. The summed E-state index contributed by atoms with van der Waals surface area (Å²) in [6, 6.07) is 46.5. The summed E-state index contributed by atoms with van der Waals surface area (Å²) in [5, 5.41) is 5.26. The number of nitrogens with zero attached hydrogens (tertiary/aromatic N) is 1. The molecule has 0 unspecified atom stereocenters. The summed E-state index contributed by atoms with van der Waals surface area (Å²) in [5.41, 5.74) is 8.72. The predicted octanol–water partition coefficient (Wildman–Crippen LogP) is 10.3. The molecule has 168 valence electrons. The maximum atomic E-state index is 2.46. The molecule has 0 spiro atoms. The van der Waals surface area contributed by atoms with Crippen LogP contribution >= 0.6 is 11.3 Å². The van der Waals surface area contributed by atoms with Gasteiger partial charge in [-0.2, -0.15) is 0 Å². The van der Waals surface area contributed by atoms with E-state index in [9.17, 15) is 0 Å². The molecule has 0 aliphatic carbocycles. The van der Waals surface area contributed by atoms with Crippen LogP contribution in [0.5, 0.6) is 0 Å². The summed E-state index contributed by atoms with van der Waals surface area (Å²) in [5.74, 6) is 0. The highest BCUT2D eigenvalue weighted by atomic mass is 32.1. The van der Waals surface area contributed by atoms with E-state index in [0.717, 1.165) is 0 Å². The molecule has 0 fully saturated rings. The van der Waals surface area contributed by atoms with Crippen molar-refractivity contribution >= 4 is 59.3 Å². The molecule has 1 aliphatic heterocycles. The minimum atomic E-state index is 1.18. The number of rotatable bonds is 2. The molecule has 6 aromatic carbocycles. The molecular formula is C34H21NS. The van der Waals surface area contributed by atoms with Gasteiger partial charge in [0.1, 0.15) is 0 Å². The molecule has 1 aliphatic rings. The topological polar surface area (TPSA) is 3.24 Å². The van der Waals surface area contributed by atoms with Gasteiger partial charge in [0.15, 0.2) is 0 Å². The average Bonchev–Trinajstić information content (AvgIpc) is 3.31. The van der Waals surface area contributed by atoms with E-state index < -0.39 is 0 Å². The molecule has 36 heavy (non-hydrogen) atoms. The van der Waals surface area contributed by atoms with Gasteiger partial charge in [0.05, 0.1) is 11.4 Å². The zero-order valence-electron chi connectivity index (χ0n) is 19.5. The summed E-state index contributed by atoms with van der Waals surface area (Å²) >= 11 is 1.88. The highest BCUT2D eigenvalue weighted by molar-refractivity contribution is 7.25. The van der Waals surface area contributed by atoms with Crippen molar-refractivity contribution in [1.82, 2.24) is 0 Å². The van der Waals surface area contributed by atoms with Crippen molar-refractivity contribution in [1.29, 1.82) is 0 Å². The Balaban J connectivity index is 1.46. The van der Waals surface area contributed by atoms with Crippen LogP contribution in [-0.2, 0) is 0 Å². The van der Waals surface area contributed by atoms with Gasteiger partial charge in [-0.05, 0) is 58.5 Å². The van der Waals surface area contributed by atoms with Crippen molar-refractivity contribution in [3.63, 3.8) is 0 Å². The fourth-order valence-electron chi connectivity index (χ4n) is 5.76. The first-order chi connectivity index (χ1) is 17.8. The molecule has 2 heterocycles. The third kappa shape index (κ3) is 2.82. The van der Waals surface area contributed by atoms with Crippen LogP contribution in [0.25, 0.3) is 53.2 Å². The summed E-state index contributed by atoms with van der Waals surface area (Å²) in [7, 11) is 0. The van der Waals surface area contributed by atoms with E-state index in [0.29, 0.717) is 0 Å². The molecular weight excluding hydrogens is 454 g/mol. The van der Waals surface area contributed by atoms with Gasteiger partial charge in [-0.1, -0.05) is 91.0 Å². The molecule has 1 aromatic heterocycles. The average molecular weight is 476 g/mol. The molecule has 0 atom stereocenters. The van der Waals surface area contributed by atoms with E-state index in [-0.39, 0.29) is 0 Å². The smallest absolute Gasteiger partial charge is 0.0555 e. The van der Waals surface area contributed by atoms with Gasteiger partial charge in [-0.3, -0.25) is 0 Å². The van der Waals surface area contributed by atoms with Gasteiger partial charge in [-0.25, -0.2) is 0 Å². The maximum absolute atomic E-state index is 2.46.